The van der Waals surface area contributed by atoms with Gasteiger partial charge in [-0.25, -0.2) is 0 Å². The molecule has 24 heavy (non-hydrogen) atoms. The van der Waals surface area contributed by atoms with Crippen molar-refractivity contribution in [2.45, 2.75) is 32.9 Å². The van der Waals surface area contributed by atoms with Crippen molar-refractivity contribution in [2.24, 2.45) is 0 Å². The molecule has 0 bridgehead atoms. The molecular weight excluding hydrogens is 368 g/mol. The lowest BCUT2D eigenvalue weighted by Gasteiger charge is -2.19. The first-order valence-electron chi connectivity index (χ1n) is 7.64. The van der Waals surface area contributed by atoms with E-state index in [2.05, 4.69) is 27.3 Å². The lowest BCUT2D eigenvalue weighted by atomic mass is 10.1. The first-order chi connectivity index (χ1) is 11.4. The van der Waals surface area contributed by atoms with Gasteiger partial charge in [0.2, 0.25) is 0 Å². The molecule has 1 N–H and O–H groups in total. The minimum atomic E-state index is -0.621. The van der Waals surface area contributed by atoms with E-state index in [4.69, 9.17) is 10.00 Å². The Morgan fingerprint density at radius 2 is 1.88 bits per heavy atom. The second-order valence-corrected chi connectivity index (χ2v) is 6.51. The van der Waals surface area contributed by atoms with Crippen molar-refractivity contribution in [1.82, 2.24) is 5.32 Å². The molecule has 0 fully saturated rings. The molecule has 2 atom stereocenters. The van der Waals surface area contributed by atoms with E-state index in [1.54, 1.807) is 19.1 Å². The minimum absolute atomic E-state index is 0.169. The van der Waals surface area contributed by atoms with Crippen molar-refractivity contribution in [2.75, 3.05) is 0 Å². The molecule has 4 nitrogen and oxygen atoms in total. The molecule has 0 saturated heterocycles. The second-order valence-electron chi connectivity index (χ2n) is 5.66. The highest BCUT2D eigenvalue weighted by atomic mass is 79.9. The number of hydrogen-bond donors (Lipinski definition) is 1. The summed E-state index contributed by atoms with van der Waals surface area (Å²) in [6.45, 7) is 5.60. The van der Waals surface area contributed by atoms with Crippen LogP contribution < -0.4 is 10.1 Å². The van der Waals surface area contributed by atoms with E-state index in [0.717, 1.165) is 15.6 Å². The van der Waals surface area contributed by atoms with Crippen LogP contribution in [0.15, 0.2) is 46.9 Å². The maximum absolute atomic E-state index is 12.3. The van der Waals surface area contributed by atoms with Gasteiger partial charge in [-0.15, -0.1) is 0 Å². The van der Waals surface area contributed by atoms with E-state index in [1.807, 2.05) is 44.2 Å². The SMILES string of the molecule is Cc1ccc(OC(C)C(=O)NC(C)c2ccc(C#N)cc2)c(Br)c1. The number of nitrogens with one attached hydrogen (secondary N) is 1. The summed E-state index contributed by atoms with van der Waals surface area (Å²) in [4.78, 5) is 12.3. The molecule has 5 heteroatoms. The van der Waals surface area contributed by atoms with Gasteiger partial charge in [-0.05, 0) is 72.1 Å². The van der Waals surface area contributed by atoms with E-state index >= 15 is 0 Å². The number of amides is 1. The maximum Gasteiger partial charge on any atom is 0.261 e. The van der Waals surface area contributed by atoms with Crippen LogP contribution >= 0.6 is 15.9 Å². The summed E-state index contributed by atoms with van der Waals surface area (Å²) >= 11 is 3.44. The fraction of sp³-hybridized carbons (Fsp3) is 0.263. The molecule has 0 aromatic heterocycles. The van der Waals surface area contributed by atoms with Crippen LogP contribution in [0.2, 0.25) is 0 Å². The maximum atomic E-state index is 12.3. The normalized spacial score (nSPS) is 12.8. The number of carbonyl (C=O) groups excluding carboxylic acids is 1. The van der Waals surface area contributed by atoms with Crippen LogP contribution in [-0.4, -0.2) is 12.0 Å². The Balaban J connectivity index is 1.98. The third-order valence-corrected chi connectivity index (χ3v) is 4.28. The predicted molar refractivity (Wildman–Crippen MR) is 96.7 cm³/mol. The quantitative estimate of drug-likeness (QED) is 0.833. The Labute approximate surface area is 150 Å². The van der Waals surface area contributed by atoms with Crippen LogP contribution in [-0.2, 0) is 4.79 Å². The minimum Gasteiger partial charge on any atom is -0.480 e. The van der Waals surface area contributed by atoms with Gasteiger partial charge in [0.05, 0.1) is 22.1 Å². The molecule has 1 amide bonds. The summed E-state index contributed by atoms with van der Waals surface area (Å²) < 4.78 is 6.55. The number of carbonyl (C=O) groups is 1. The summed E-state index contributed by atoms with van der Waals surface area (Å²) in [7, 11) is 0. The summed E-state index contributed by atoms with van der Waals surface area (Å²) in [6.07, 6.45) is -0.621. The Morgan fingerprint density at radius 3 is 2.46 bits per heavy atom. The number of halogens is 1. The van der Waals surface area contributed by atoms with Crippen LogP contribution in [0.1, 0.15) is 36.6 Å². The molecule has 124 valence electrons. The number of nitrogens with zero attached hydrogens (tertiary/aromatic N) is 1. The van der Waals surface area contributed by atoms with Crippen molar-refractivity contribution in [3.8, 4) is 11.8 Å². The molecule has 0 saturated carbocycles. The van der Waals surface area contributed by atoms with Gasteiger partial charge >= 0.3 is 0 Å². The molecule has 0 aliphatic heterocycles. The van der Waals surface area contributed by atoms with Gasteiger partial charge < -0.3 is 10.1 Å². The summed E-state index contributed by atoms with van der Waals surface area (Å²) in [5.74, 6) is 0.439. The first kappa shape index (κ1) is 18.0. The van der Waals surface area contributed by atoms with E-state index in [1.165, 1.54) is 0 Å². The zero-order valence-corrected chi connectivity index (χ0v) is 15.4. The number of benzene rings is 2. The van der Waals surface area contributed by atoms with E-state index in [9.17, 15) is 4.79 Å². The lowest BCUT2D eigenvalue weighted by molar-refractivity contribution is -0.127. The summed E-state index contributed by atoms with van der Waals surface area (Å²) in [5.41, 5.74) is 2.64. The first-order valence-corrected chi connectivity index (χ1v) is 8.43. The fourth-order valence-electron chi connectivity index (χ4n) is 2.21. The largest absolute Gasteiger partial charge is 0.480 e. The number of hydrogen-bond acceptors (Lipinski definition) is 3. The molecule has 2 unspecified atom stereocenters. The zero-order chi connectivity index (χ0) is 17.7. The van der Waals surface area contributed by atoms with Crippen LogP contribution in [0.5, 0.6) is 5.75 Å². The van der Waals surface area contributed by atoms with Gasteiger partial charge in [0, 0.05) is 0 Å². The Hall–Kier alpha value is -2.32. The van der Waals surface area contributed by atoms with Crippen molar-refractivity contribution in [3.63, 3.8) is 0 Å². The molecule has 0 heterocycles. The third kappa shape index (κ3) is 4.59. The van der Waals surface area contributed by atoms with E-state index < -0.39 is 6.10 Å². The van der Waals surface area contributed by atoms with Crippen LogP contribution in [0.4, 0.5) is 0 Å². The topological polar surface area (TPSA) is 62.1 Å². The summed E-state index contributed by atoms with van der Waals surface area (Å²) in [5, 5.41) is 11.7. The van der Waals surface area contributed by atoms with Crippen molar-refractivity contribution in [1.29, 1.82) is 5.26 Å². The van der Waals surface area contributed by atoms with E-state index in [-0.39, 0.29) is 11.9 Å². The molecule has 0 radical (unpaired) electrons. The van der Waals surface area contributed by atoms with Crippen molar-refractivity contribution < 1.29 is 9.53 Å². The average molecular weight is 387 g/mol. The highest BCUT2D eigenvalue weighted by Crippen LogP contribution is 2.26. The Bertz CT molecular complexity index is 766. The summed E-state index contributed by atoms with van der Waals surface area (Å²) in [6, 6.07) is 14.8. The van der Waals surface area contributed by atoms with Crippen molar-refractivity contribution in [3.05, 3.63) is 63.6 Å². The van der Waals surface area contributed by atoms with Crippen molar-refractivity contribution >= 4 is 21.8 Å². The van der Waals surface area contributed by atoms with Crippen LogP contribution in [0, 0.1) is 18.3 Å². The van der Waals surface area contributed by atoms with Gasteiger partial charge in [0.1, 0.15) is 5.75 Å². The molecule has 2 rings (SSSR count). The molecule has 0 aliphatic rings. The monoisotopic (exact) mass is 386 g/mol. The predicted octanol–water partition coefficient (Wildman–Crippen LogP) is 4.27. The number of nitriles is 1. The number of ether oxygens (including phenoxy) is 1. The van der Waals surface area contributed by atoms with Gasteiger partial charge in [-0.2, -0.15) is 5.26 Å². The van der Waals surface area contributed by atoms with Crippen LogP contribution in [0.3, 0.4) is 0 Å². The molecule has 2 aromatic rings. The highest BCUT2D eigenvalue weighted by molar-refractivity contribution is 9.10. The molecule has 0 spiro atoms. The van der Waals surface area contributed by atoms with Gasteiger partial charge in [0.25, 0.3) is 5.91 Å². The van der Waals surface area contributed by atoms with Gasteiger partial charge in [-0.1, -0.05) is 18.2 Å². The zero-order valence-electron chi connectivity index (χ0n) is 13.8. The smallest absolute Gasteiger partial charge is 0.261 e. The number of rotatable bonds is 5. The van der Waals surface area contributed by atoms with Crippen LogP contribution in [0.25, 0.3) is 0 Å². The second kappa shape index (κ2) is 7.98. The fourth-order valence-corrected chi connectivity index (χ4v) is 2.79. The third-order valence-electron chi connectivity index (χ3n) is 3.66. The molecule has 0 aliphatic carbocycles. The highest BCUT2D eigenvalue weighted by Gasteiger charge is 2.18. The average Bonchev–Trinajstić information content (AvgIpc) is 2.57. The van der Waals surface area contributed by atoms with Gasteiger partial charge in [0.15, 0.2) is 6.10 Å². The number of aryl methyl sites for hydroxylation is 1. The Kier molecular flexibility index (Phi) is 5.99. The standard InChI is InChI=1S/C19H19BrN2O2/c1-12-4-9-18(17(20)10-12)24-14(3)19(23)22-13(2)16-7-5-15(11-21)6-8-16/h4-10,13-14H,1-3H3,(H,22,23). The van der Waals surface area contributed by atoms with E-state index in [0.29, 0.717) is 11.3 Å². The molecule has 2 aromatic carbocycles. The Morgan fingerprint density at radius 1 is 1.21 bits per heavy atom. The lowest BCUT2D eigenvalue weighted by Crippen LogP contribution is -2.37. The van der Waals surface area contributed by atoms with Gasteiger partial charge in [-0.3, -0.25) is 4.79 Å². The molecular formula is C19H19BrN2O2.